The number of nitrogens with one attached hydrogen (secondary N) is 1. The Morgan fingerprint density at radius 3 is 2.57 bits per heavy atom. The second-order valence-corrected chi connectivity index (χ2v) is 6.60. The summed E-state index contributed by atoms with van der Waals surface area (Å²) in [6.45, 7) is 0. The minimum absolute atomic E-state index is 0.334. The highest BCUT2D eigenvalue weighted by molar-refractivity contribution is 6.33. The second-order valence-electron chi connectivity index (χ2n) is 6.20. The first kappa shape index (κ1) is 17.8. The predicted molar refractivity (Wildman–Crippen MR) is 107 cm³/mol. The Labute approximate surface area is 164 Å². The number of rotatable bonds is 3. The first-order chi connectivity index (χ1) is 13.5. The molecule has 0 fully saturated rings. The Morgan fingerprint density at radius 2 is 1.89 bits per heavy atom. The van der Waals surface area contributed by atoms with Gasteiger partial charge in [-0.05, 0) is 30.3 Å². The van der Waals surface area contributed by atoms with Gasteiger partial charge < -0.3 is 10.4 Å². The van der Waals surface area contributed by atoms with Gasteiger partial charge in [0, 0.05) is 34.9 Å². The lowest BCUT2D eigenvalue weighted by atomic mass is 10.1. The van der Waals surface area contributed by atoms with Crippen LogP contribution in [0.5, 0.6) is 0 Å². The smallest absolute Gasteiger partial charge is 0.416 e. The van der Waals surface area contributed by atoms with E-state index in [0.29, 0.717) is 33.2 Å². The first-order valence-corrected chi connectivity index (χ1v) is 8.76. The van der Waals surface area contributed by atoms with Crippen LogP contribution < -0.4 is 5.32 Å². The highest BCUT2D eigenvalue weighted by Crippen LogP contribution is 2.33. The van der Waals surface area contributed by atoms with E-state index in [0.717, 1.165) is 9.95 Å². The minimum Gasteiger partial charge on any atom is -0.464 e. The lowest BCUT2D eigenvalue weighted by molar-refractivity contribution is 0.101. The molecule has 4 rings (SSSR count). The van der Waals surface area contributed by atoms with E-state index in [1.54, 1.807) is 61.6 Å². The van der Waals surface area contributed by atoms with Crippen molar-refractivity contribution in [3.8, 4) is 11.3 Å². The molecule has 0 saturated carbocycles. The van der Waals surface area contributed by atoms with Crippen LogP contribution in [0.15, 0.2) is 60.8 Å². The molecule has 0 spiro atoms. The van der Waals surface area contributed by atoms with Gasteiger partial charge in [0.15, 0.2) is 0 Å². The maximum Gasteiger partial charge on any atom is 0.416 e. The van der Waals surface area contributed by atoms with E-state index in [-0.39, 0.29) is 5.91 Å². The van der Waals surface area contributed by atoms with Crippen molar-refractivity contribution in [2.24, 2.45) is 7.05 Å². The van der Waals surface area contributed by atoms with Crippen LogP contribution in [-0.4, -0.2) is 31.5 Å². The van der Waals surface area contributed by atoms with Crippen LogP contribution in [0.25, 0.3) is 22.2 Å². The number of aryl methyl sites for hydroxylation is 1. The van der Waals surface area contributed by atoms with Crippen LogP contribution >= 0.6 is 11.6 Å². The molecule has 0 aliphatic rings. The number of amides is 1. The molecule has 0 saturated heterocycles. The lowest BCUT2D eigenvalue weighted by Crippen LogP contribution is -2.16. The van der Waals surface area contributed by atoms with Crippen LogP contribution in [0.4, 0.5) is 10.5 Å². The molecule has 2 heterocycles. The van der Waals surface area contributed by atoms with Crippen molar-refractivity contribution in [1.82, 2.24) is 14.3 Å². The molecule has 2 aromatic heterocycles. The van der Waals surface area contributed by atoms with Crippen LogP contribution in [-0.2, 0) is 7.05 Å². The molecule has 7 nitrogen and oxygen atoms in total. The Balaban J connectivity index is 1.80. The maximum absolute atomic E-state index is 12.4. The molecule has 0 aliphatic carbocycles. The third-order valence-corrected chi connectivity index (χ3v) is 4.79. The van der Waals surface area contributed by atoms with Gasteiger partial charge in [-0.15, -0.1) is 0 Å². The number of hydrogen-bond donors (Lipinski definition) is 2. The van der Waals surface area contributed by atoms with Gasteiger partial charge in [-0.2, -0.15) is 5.10 Å². The molecule has 2 N–H and O–H groups in total. The van der Waals surface area contributed by atoms with E-state index in [4.69, 9.17) is 11.6 Å². The zero-order valence-corrected chi connectivity index (χ0v) is 15.5. The molecule has 2 aromatic carbocycles. The number of carbonyl (C=O) groups excluding carboxylic acids is 1. The SMILES string of the molecule is Cn1nccc1C(=O)Nc1ccc2cc(-c3ccccc3Cl)n(C(=O)O)c2c1. The fourth-order valence-corrected chi connectivity index (χ4v) is 3.38. The zero-order chi connectivity index (χ0) is 19.8. The molecule has 0 atom stereocenters. The summed E-state index contributed by atoms with van der Waals surface area (Å²) in [5.41, 5.74) is 2.40. The normalized spacial score (nSPS) is 10.9. The highest BCUT2D eigenvalue weighted by atomic mass is 35.5. The average molecular weight is 395 g/mol. The van der Waals surface area contributed by atoms with E-state index < -0.39 is 6.09 Å². The van der Waals surface area contributed by atoms with Crippen molar-refractivity contribution >= 4 is 40.2 Å². The van der Waals surface area contributed by atoms with Gasteiger partial charge in [0.1, 0.15) is 5.69 Å². The van der Waals surface area contributed by atoms with Crippen LogP contribution in [0.3, 0.4) is 0 Å². The Hall–Kier alpha value is -3.58. The van der Waals surface area contributed by atoms with Gasteiger partial charge in [0.2, 0.25) is 0 Å². The third kappa shape index (κ3) is 3.01. The minimum atomic E-state index is -1.14. The molecular formula is C20H15ClN4O3. The van der Waals surface area contributed by atoms with Crippen molar-refractivity contribution in [2.75, 3.05) is 5.32 Å². The van der Waals surface area contributed by atoms with E-state index in [1.165, 1.54) is 10.9 Å². The van der Waals surface area contributed by atoms with E-state index >= 15 is 0 Å². The largest absolute Gasteiger partial charge is 0.464 e. The van der Waals surface area contributed by atoms with Crippen molar-refractivity contribution in [3.63, 3.8) is 0 Å². The van der Waals surface area contributed by atoms with Crippen LogP contribution in [0.1, 0.15) is 10.5 Å². The molecule has 0 bridgehead atoms. The summed E-state index contributed by atoms with van der Waals surface area (Å²) in [4.78, 5) is 24.4. The van der Waals surface area contributed by atoms with Gasteiger partial charge in [0.25, 0.3) is 5.91 Å². The van der Waals surface area contributed by atoms with Gasteiger partial charge in [-0.1, -0.05) is 35.9 Å². The predicted octanol–water partition coefficient (Wildman–Crippen LogP) is 4.47. The molecule has 0 radical (unpaired) electrons. The summed E-state index contributed by atoms with van der Waals surface area (Å²) in [5.74, 6) is -0.334. The van der Waals surface area contributed by atoms with Crippen molar-refractivity contribution in [3.05, 3.63) is 71.5 Å². The molecule has 0 aliphatic heterocycles. The highest BCUT2D eigenvalue weighted by Gasteiger charge is 2.18. The van der Waals surface area contributed by atoms with Gasteiger partial charge in [-0.3, -0.25) is 9.48 Å². The van der Waals surface area contributed by atoms with Gasteiger partial charge in [0.05, 0.1) is 11.2 Å². The number of nitrogens with zero attached hydrogens (tertiary/aromatic N) is 3. The standard InChI is InChI=1S/C20H15ClN4O3/c1-24-16(8-9-22-24)19(26)23-13-7-6-12-10-18(14-4-2-3-5-15(14)21)25(20(27)28)17(12)11-13/h2-11H,1H3,(H,23,26)(H,27,28). The molecule has 0 unspecified atom stereocenters. The quantitative estimate of drug-likeness (QED) is 0.536. The van der Waals surface area contributed by atoms with Gasteiger partial charge in [-0.25, -0.2) is 9.36 Å². The van der Waals surface area contributed by atoms with E-state index in [1.807, 2.05) is 0 Å². The number of benzene rings is 2. The fourth-order valence-electron chi connectivity index (χ4n) is 3.14. The molecule has 4 aromatic rings. The van der Waals surface area contributed by atoms with E-state index in [2.05, 4.69) is 10.4 Å². The first-order valence-electron chi connectivity index (χ1n) is 8.39. The Morgan fingerprint density at radius 1 is 1.11 bits per heavy atom. The number of anilines is 1. The number of halogens is 1. The van der Waals surface area contributed by atoms with Crippen molar-refractivity contribution in [1.29, 1.82) is 0 Å². The second kappa shape index (κ2) is 6.86. The zero-order valence-electron chi connectivity index (χ0n) is 14.8. The maximum atomic E-state index is 12.4. The Kier molecular flexibility index (Phi) is 4.37. The number of carboxylic acid groups (broad SMARTS) is 1. The monoisotopic (exact) mass is 394 g/mol. The number of hydrogen-bond acceptors (Lipinski definition) is 3. The lowest BCUT2D eigenvalue weighted by Gasteiger charge is -2.08. The molecular weight excluding hydrogens is 380 g/mol. The topological polar surface area (TPSA) is 89.2 Å². The third-order valence-electron chi connectivity index (χ3n) is 4.46. The van der Waals surface area contributed by atoms with Crippen LogP contribution in [0, 0.1) is 0 Å². The van der Waals surface area contributed by atoms with Gasteiger partial charge >= 0.3 is 6.09 Å². The summed E-state index contributed by atoms with van der Waals surface area (Å²) in [5, 5.41) is 17.7. The summed E-state index contributed by atoms with van der Waals surface area (Å²) in [6.07, 6.45) is 0.392. The number of carbonyl (C=O) groups is 2. The summed E-state index contributed by atoms with van der Waals surface area (Å²) in [7, 11) is 1.67. The summed E-state index contributed by atoms with van der Waals surface area (Å²) in [6, 6.07) is 15.5. The number of aromatic nitrogens is 3. The fraction of sp³-hybridized carbons (Fsp3) is 0.0500. The molecule has 8 heteroatoms. The Bertz CT molecular complexity index is 1230. The molecule has 1 amide bonds. The number of fused-ring (bicyclic) bond motifs is 1. The van der Waals surface area contributed by atoms with Crippen molar-refractivity contribution in [2.45, 2.75) is 0 Å². The van der Waals surface area contributed by atoms with E-state index in [9.17, 15) is 14.7 Å². The molecule has 28 heavy (non-hydrogen) atoms. The summed E-state index contributed by atoms with van der Waals surface area (Å²) < 4.78 is 2.62. The average Bonchev–Trinajstić information content (AvgIpc) is 3.25. The summed E-state index contributed by atoms with van der Waals surface area (Å²) >= 11 is 6.26. The van der Waals surface area contributed by atoms with Crippen LogP contribution in [0.2, 0.25) is 5.02 Å². The van der Waals surface area contributed by atoms with Crippen molar-refractivity contribution < 1.29 is 14.7 Å². The molecule has 140 valence electrons.